The number of rotatable bonds is 5. The molecule has 0 rings (SSSR count). The lowest BCUT2D eigenvalue weighted by atomic mass is 9.94. The normalized spacial score (nSPS) is 17.1. The summed E-state index contributed by atoms with van der Waals surface area (Å²) in [6, 6.07) is 0. The van der Waals surface area contributed by atoms with Crippen LogP contribution in [0.5, 0.6) is 0 Å². The number of carbonyl (C=O) groups excluding carboxylic acids is 1. The quantitative estimate of drug-likeness (QED) is 0.543. The fourth-order valence-corrected chi connectivity index (χ4v) is 1.17. The van der Waals surface area contributed by atoms with Crippen LogP contribution in [0.2, 0.25) is 0 Å². The molecule has 2 atom stereocenters. The molecule has 17 heavy (non-hydrogen) atoms. The molecule has 0 aromatic carbocycles. The standard InChI is InChI=1S/C11H21NO5/c1-6-16-7(2)11(12,8(13)14)9(15)17-10(3,4)5/h7H,6,12H2,1-5H3,(H,13,14). The third-order valence-electron chi connectivity index (χ3n) is 2.15. The summed E-state index contributed by atoms with van der Waals surface area (Å²) in [6.07, 6.45) is -0.972. The molecule has 0 radical (unpaired) electrons. The first-order chi connectivity index (χ1) is 7.55. The van der Waals surface area contributed by atoms with E-state index in [0.717, 1.165) is 0 Å². The van der Waals surface area contributed by atoms with Crippen LogP contribution in [0.25, 0.3) is 0 Å². The summed E-state index contributed by atoms with van der Waals surface area (Å²) in [5.74, 6) is -2.47. The van der Waals surface area contributed by atoms with E-state index < -0.39 is 29.2 Å². The topological polar surface area (TPSA) is 98.9 Å². The Balaban J connectivity index is 5.08. The average molecular weight is 247 g/mol. The van der Waals surface area contributed by atoms with Crippen LogP contribution in [-0.4, -0.2) is 40.9 Å². The third kappa shape index (κ3) is 3.98. The van der Waals surface area contributed by atoms with Crippen molar-refractivity contribution in [1.29, 1.82) is 0 Å². The van der Waals surface area contributed by atoms with E-state index in [0.29, 0.717) is 0 Å². The Morgan fingerprint density at radius 3 is 2.12 bits per heavy atom. The van der Waals surface area contributed by atoms with E-state index in [-0.39, 0.29) is 6.61 Å². The molecule has 0 amide bonds. The molecule has 0 fully saturated rings. The van der Waals surface area contributed by atoms with E-state index in [4.69, 9.17) is 20.3 Å². The van der Waals surface area contributed by atoms with Gasteiger partial charge in [0.2, 0.25) is 5.54 Å². The van der Waals surface area contributed by atoms with Crippen LogP contribution < -0.4 is 5.73 Å². The van der Waals surface area contributed by atoms with Gasteiger partial charge in [0.15, 0.2) is 0 Å². The number of nitrogens with two attached hydrogens (primary N) is 1. The molecule has 0 aliphatic carbocycles. The lowest BCUT2D eigenvalue weighted by molar-refractivity contribution is -0.176. The molecule has 6 nitrogen and oxygen atoms in total. The Hall–Kier alpha value is -1.14. The van der Waals surface area contributed by atoms with Gasteiger partial charge >= 0.3 is 11.9 Å². The predicted octanol–water partition coefficient (Wildman–Crippen LogP) is 0.535. The van der Waals surface area contributed by atoms with Gasteiger partial charge in [0.1, 0.15) is 5.60 Å². The maximum absolute atomic E-state index is 11.8. The first-order valence-electron chi connectivity index (χ1n) is 5.43. The van der Waals surface area contributed by atoms with Gasteiger partial charge in [0.05, 0.1) is 6.10 Å². The SMILES string of the molecule is CCOC(C)C(N)(C(=O)O)C(=O)OC(C)(C)C. The molecule has 3 N–H and O–H groups in total. The lowest BCUT2D eigenvalue weighted by Crippen LogP contribution is -2.64. The van der Waals surface area contributed by atoms with Crippen molar-refractivity contribution in [2.24, 2.45) is 5.73 Å². The zero-order valence-electron chi connectivity index (χ0n) is 10.9. The van der Waals surface area contributed by atoms with E-state index >= 15 is 0 Å². The molecule has 6 heteroatoms. The Bertz CT molecular complexity index is 297. The zero-order valence-corrected chi connectivity index (χ0v) is 10.9. The molecule has 0 spiro atoms. The minimum absolute atomic E-state index is 0.260. The van der Waals surface area contributed by atoms with E-state index in [2.05, 4.69) is 0 Å². The maximum atomic E-state index is 11.8. The monoisotopic (exact) mass is 247 g/mol. The van der Waals surface area contributed by atoms with E-state index in [1.165, 1.54) is 6.92 Å². The molecular weight excluding hydrogens is 226 g/mol. The van der Waals surface area contributed by atoms with Gasteiger partial charge < -0.3 is 20.3 Å². The summed E-state index contributed by atoms with van der Waals surface area (Å²) in [5, 5.41) is 9.09. The van der Waals surface area contributed by atoms with Gasteiger partial charge in [-0.05, 0) is 34.6 Å². The van der Waals surface area contributed by atoms with Crippen LogP contribution in [0.1, 0.15) is 34.6 Å². The molecular formula is C11H21NO5. The molecule has 0 saturated heterocycles. The number of hydrogen-bond donors (Lipinski definition) is 2. The summed E-state index contributed by atoms with van der Waals surface area (Å²) in [4.78, 5) is 23.0. The molecule has 0 saturated carbocycles. The third-order valence-corrected chi connectivity index (χ3v) is 2.15. The highest BCUT2D eigenvalue weighted by Crippen LogP contribution is 2.18. The number of carboxylic acid groups (broad SMARTS) is 1. The van der Waals surface area contributed by atoms with E-state index in [9.17, 15) is 9.59 Å². The summed E-state index contributed by atoms with van der Waals surface area (Å²) in [7, 11) is 0. The Kier molecular flexibility index (Phi) is 5.10. The number of carbonyl (C=O) groups is 2. The molecule has 2 unspecified atom stereocenters. The highest BCUT2D eigenvalue weighted by molar-refractivity contribution is 6.04. The molecule has 0 aromatic heterocycles. The van der Waals surface area contributed by atoms with Gasteiger partial charge in [0, 0.05) is 6.61 Å². The number of esters is 1. The van der Waals surface area contributed by atoms with Crippen molar-refractivity contribution in [3.63, 3.8) is 0 Å². The van der Waals surface area contributed by atoms with Crippen LogP contribution in [-0.2, 0) is 19.1 Å². The van der Waals surface area contributed by atoms with Crippen LogP contribution in [0, 0.1) is 0 Å². The average Bonchev–Trinajstić information content (AvgIpc) is 2.13. The van der Waals surface area contributed by atoms with Gasteiger partial charge in [-0.15, -0.1) is 0 Å². The minimum Gasteiger partial charge on any atom is -0.479 e. The molecule has 0 bridgehead atoms. The van der Waals surface area contributed by atoms with E-state index in [1.54, 1.807) is 27.7 Å². The number of ether oxygens (including phenoxy) is 2. The molecule has 0 aliphatic heterocycles. The summed E-state index contributed by atoms with van der Waals surface area (Å²) in [6.45, 7) is 8.29. The first-order valence-corrected chi connectivity index (χ1v) is 5.43. The zero-order chi connectivity index (χ0) is 13.9. The number of aliphatic carboxylic acids is 1. The van der Waals surface area contributed by atoms with Crippen molar-refractivity contribution in [2.75, 3.05) is 6.61 Å². The van der Waals surface area contributed by atoms with Crippen molar-refractivity contribution < 1.29 is 24.2 Å². The van der Waals surface area contributed by atoms with Crippen molar-refractivity contribution >= 4 is 11.9 Å². The van der Waals surface area contributed by atoms with Gasteiger partial charge in [0.25, 0.3) is 0 Å². The minimum atomic E-state index is -2.19. The summed E-state index contributed by atoms with van der Waals surface area (Å²) in [5.41, 5.74) is 2.63. The lowest BCUT2D eigenvalue weighted by Gasteiger charge is -2.31. The highest BCUT2D eigenvalue weighted by Gasteiger charge is 2.50. The van der Waals surface area contributed by atoms with Crippen LogP contribution in [0.15, 0.2) is 0 Å². The predicted molar refractivity (Wildman–Crippen MR) is 61.5 cm³/mol. The molecule has 0 aliphatic rings. The maximum Gasteiger partial charge on any atom is 0.341 e. The largest absolute Gasteiger partial charge is 0.479 e. The van der Waals surface area contributed by atoms with Crippen LogP contribution in [0.3, 0.4) is 0 Å². The van der Waals surface area contributed by atoms with Gasteiger partial charge in [-0.1, -0.05) is 0 Å². The second-order valence-electron chi connectivity index (χ2n) is 4.77. The summed E-state index contributed by atoms with van der Waals surface area (Å²) < 4.78 is 10.1. The second kappa shape index (κ2) is 5.46. The Labute approximate surface area is 101 Å². The fourth-order valence-electron chi connectivity index (χ4n) is 1.17. The Morgan fingerprint density at radius 2 is 1.82 bits per heavy atom. The second-order valence-corrected chi connectivity index (χ2v) is 4.77. The van der Waals surface area contributed by atoms with Crippen molar-refractivity contribution in [2.45, 2.75) is 51.9 Å². The first kappa shape index (κ1) is 15.9. The van der Waals surface area contributed by atoms with Crippen molar-refractivity contribution in [1.82, 2.24) is 0 Å². The van der Waals surface area contributed by atoms with Crippen LogP contribution in [0.4, 0.5) is 0 Å². The smallest absolute Gasteiger partial charge is 0.341 e. The highest BCUT2D eigenvalue weighted by atomic mass is 16.6. The van der Waals surface area contributed by atoms with E-state index in [1.807, 2.05) is 0 Å². The van der Waals surface area contributed by atoms with Gasteiger partial charge in [-0.3, -0.25) is 0 Å². The number of carboxylic acids is 1. The van der Waals surface area contributed by atoms with Gasteiger partial charge in [-0.25, -0.2) is 9.59 Å². The summed E-state index contributed by atoms with van der Waals surface area (Å²) >= 11 is 0. The Morgan fingerprint density at radius 1 is 1.35 bits per heavy atom. The number of hydrogen-bond acceptors (Lipinski definition) is 5. The van der Waals surface area contributed by atoms with Gasteiger partial charge in [-0.2, -0.15) is 0 Å². The molecule has 0 heterocycles. The van der Waals surface area contributed by atoms with Crippen molar-refractivity contribution in [3.8, 4) is 0 Å². The fraction of sp³-hybridized carbons (Fsp3) is 0.818. The van der Waals surface area contributed by atoms with Crippen molar-refractivity contribution in [3.05, 3.63) is 0 Å². The molecule has 100 valence electrons. The molecule has 0 aromatic rings. The van der Waals surface area contributed by atoms with Crippen LogP contribution >= 0.6 is 0 Å².